The summed E-state index contributed by atoms with van der Waals surface area (Å²) in [6.45, 7) is 10.0. The predicted octanol–water partition coefficient (Wildman–Crippen LogP) is 6.02. The average Bonchev–Trinajstić information content (AvgIpc) is 2.53. The second-order valence-corrected chi connectivity index (χ2v) is 9.00. The highest BCUT2D eigenvalue weighted by Crippen LogP contribution is 2.53. The zero-order valence-corrected chi connectivity index (χ0v) is 19.0. The molecule has 152 valence electrons. The Bertz CT molecular complexity index is 321. The van der Waals surface area contributed by atoms with Crippen molar-refractivity contribution in [1.82, 2.24) is 9.80 Å². The van der Waals surface area contributed by atoms with E-state index < -0.39 is 0 Å². The number of piperidine rings is 1. The summed E-state index contributed by atoms with van der Waals surface area (Å²) in [6.07, 6.45) is 16.1. The molecule has 0 bridgehead atoms. The van der Waals surface area contributed by atoms with Gasteiger partial charge in [0.25, 0.3) is 0 Å². The lowest BCUT2D eigenvalue weighted by molar-refractivity contribution is 0.0103. The molecule has 1 heterocycles. The van der Waals surface area contributed by atoms with Crippen LogP contribution in [0.2, 0.25) is 0 Å². The maximum atomic E-state index is 2.73. The Morgan fingerprint density at radius 2 is 1.32 bits per heavy atom. The van der Waals surface area contributed by atoms with E-state index in [2.05, 4.69) is 37.7 Å². The summed E-state index contributed by atoms with van der Waals surface area (Å²) < 4.78 is 0. The third kappa shape index (κ3) is 7.56. The van der Waals surface area contributed by atoms with Crippen LogP contribution in [0, 0.1) is 10.8 Å². The van der Waals surface area contributed by atoms with Gasteiger partial charge in [0.05, 0.1) is 0 Å². The van der Waals surface area contributed by atoms with Crippen molar-refractivity contribution in [3.8, 4) is 0 Å². The van der Waals surface area contributed by atoms with Crippen LogP contribution in [0.15, 0.2) is 0 Å². The van der Waals surface area contributed by atoms with Crippen molar-refractivity contribution in [3.05, 3.63) is 0 Å². The van der Waals surface area contributed by atoms with Crippen molar-refractivity contribution in [2.45, 2.75) is 84.5 Å². The van der Waals surface area contributed by atoms with Crippen LogP contribution < -0.4 is 0 Å². The Kier molecular flexibility index (Phi) is 12.3. The highest BCUT2D eigenvalue weighted by molar-refractivity contribution is 5.85. The lowest BCUT2D eigenvalue weighted by Gasteiger charge is -2.50. The van der Waals surface area contributed by atoms with E-state index in [1.54, 1.807) is 0 Å². The van der Waals surface area contributed by atoms with Gasteiger partial charge in [-0.05, 0) is 109 Å². The summed E-state index contributed by atoms with van der Waals surface area (Å²) in [5.74, 6) is 0. The van der Waals surface area contributed by atoms with E-state index in [0.29, 0.717) is 0 Å². The van der Waals surface area contributed by atoms with Gasteiger partial charge in [-0.1, -0.05) is 26.7 Å². The van der Waals surface area contributed by atoms with E-state index in [4.69, 9.17) is 0 Å². The second kappa shape index (κ2) is 12.1. The Labute approximate surface area is 170 Å². The van der Waals surface area contributed by atoms with Crippen LogP contribution in [0.25, 0.3) is 0 Å². The largest absolute Gasteiger partial charge is 0.309 e. The molecule has 25 heavy (non-hydrogen) atoms. The third-order valence-electron chi connectivity index (χ3n) is 6.93. The molecule has 1 aliphatic heterocycles. The van der Waals surface area contributed by atoms with Crippen molar-refractivity contribution in [2.75, 3.05) is 40.3 Å². The second-order valence-electron chi connectivity index (χ2n) is 9.00. The number of hydrogen-bond acceptors (Lipinski definition) is 2. The minimum atomic E-state index is 0. The van der Waals surface area contributed by atoms with Gasteiger partial charge >= 0.3 is 0 Å². The summed E-state index contributed by atoms with van der Waals surface area (Å²) in [7, 11) is 4.37. The minimum Gasteiger partial charge on any atom is -0.309 e. The fraction of sp³-hybridized carbons (Fsp3) is 1.00. The first-order valence-corrected chi connectivity index (χ1v) is 10.4. The molecule has 1 aliphatic carbocycles. The van der Waals surface area contributed by atoms with Crippen molar-refractivity contribution in [3.63, 3.8) is 0 Å². The summed E-state index contributed by atoms with van der Waals surface area (Å²) >= 11 is 0. The first-order chi connectivity index (χ1) is 11.0. The van der Waals surface area contributed by atoms with Gasteiger partial charge in [-0.15, -0.1) is 24.8 Å². The molecular formula is C21H44Cl2N2. The molecule has 0 aromatic rings. The molecule has 2 fully saturated rings. The summed E-state index contributed by atoms with van der Waals surface area (Å²) in [6, 6.07) is 0. The molecule has 0 radical (unpaired) electrons. The van der Waals surface area contributed by atoms with Crippen LogP contribution in [0.3, 0.4) is 0 Å². The van der Waals surface area contributed by atoms with Crippen molar-refractivity contribution >= 4 is 24.8 Å². The quantitative estimate of drug-likeness (QED) is 0.495. The molecule has 4 heteroatoms. The van der Waals surface area contributed by atoms with Crippen LogP contribution >= 0.6 is 24.8 Å². The molecular weight excluding hydrogens is 351 g/mol. The van der Waals surface area contributed by atoms with Gasteiger partial charge in [0.15, 0.2) is 0 Å². The van der Waals surface area contributed by atoms with Crippen LogP contribution in [0.5, 0.6) is 0 Å². The normalized spacial score (nSPS) is 22.4. The Morgan fingerprint density at radius 1 is 0.800 bits per heavy atom. The van der Waals surface area contributed by atoms with Gasteiger partial charge in [-0.3, -0.25) is 0 Å². The maximum Gasteiger partial charge on any atom is -0.000654 e. The molecule has 0 N–H and O–H groups in total. The summed E-state index contributed by atoms with van der Waals surface area (Å²) in [4.78, 5) is 5.04. The maximum absolute atomic E-state index is 2.73. The molecule has 2 rings (SSSR count). The van der Waals surface area contributed by atoms with Gasteiger partial charge in [-0.2, -0.15) is 0 Å². The smallest absolute Gasteiger partial charge is 0.000654 e. The number of rotatable bonds is 8. The molecule has 0 unspecified atom stereocenters. The van der Waals surface area contributed by atoms with E-state index in [1.807, 2.05) is 0 Å². The van der Waals surface area contributed by atoms with E-state index in [0.717, 1.165) is 10.8 Å². The van der Waals surface area contributed by atoms with Gasteiger partial charge < -0.3 is 9.80 Å². The zero-order chi connectivity index (χ0) is 16.8. The molecule has 0 aromatic carbocycles. The molecule has 1 saturated heterocycles. The number of hydrogen-bond donors (Lipinski definition) is 0. The third-order valence-corrected chi connectivity index (χ3v) is 6.93. The van der Waals surface area contributed by atoms with Crippen LogP contribution in [0.4, 0.5) is 0 Å². The highest BCUT2D eigenvalue weighted by Gasteiger charge is 2.42. The van der Waals surface area contributed by atoms with Gasteiger partial charge in [0.1, 0.15) is 0 Å². The Hall–Kier alpha value is 0.500. The summed E-state index contributed by atoms with van der Waals surface area (Å²) in [5.41, 5.74) is 1.45. The van der Waals surface area contributed by atoms with Gasteiger partial charge in [-0.25, -0.2) is 0 Å². The number of halogens is 2. The van der Waals surface area contributed by atoms with Crippen LogP contribution in [-0.4, -0.2) is 50.1 Å². The van der Waals surface area contributed by atoms with E-state index in [1.165, 1.54) is 96.8 Å². The van der Waals surface area contributed by atoms with Gasteiger partial charge in [0.2, 0.25) is 0 Å². The fourth-order valence-corrected chi connectivity index (χ4v) is 5.36. The van der Waals surface area contributed by atoms with Crippen LogP contribution in [-0.2, 0) is 0 Å². The Morgan fingerprint density at radius 3 is 1.76 bits per heavy atom. The first-order valence-electron chi connectivity index (χ1n) is 10.4. The minimum absolute atomic E-state index is 0. The number of nitrogens with zero attached hydrogens (tertiary/aromatic N) is 2. The molecule has 2 aliphatic rings. The topological polar surface area (TPSA) is 6.48 Å². The molecule has 1 saturated carbocycles. The fourth-order valence-electron chi connectivity index (χ4n) is 5.36. The lowest BCUT2D eigenvalue weighted by atomic mass is 9.58. The SMILES string of the molecule is CCCC1(CCC)CCC2(CCN(CCCN(C)C)CC2)CC1.Cl.Cl. The first kappa shape index (κ1) is 25.5. The zero-order valence-electron chi connectivity index (χ0n) is 17.3. The van der Waals surface area contributed by atoms with Crippen molar-refractivity contribution in [2.24, 2.45) is 10.8 Å². The molecule has 2 nitrogen and oxygen atoms in total. The predicted molar refractivity (Wildman–Crippen MR) is 116 cm³/mol. The van der Waals surface area contributed by atoms with Crippen molar-refractivity contribution in [1.29, 1.82) is 0 Å². The van der Waals surface area contributed by atoms with Crippen LogP contribution in [0.1, 0.15) is 84.5 Å². The Balaban J connectivity index is 0.00000288. The van der Waals surface area contributed by atoms with E-state index >= 15 is 0 Å². The van der Waals surface area contributed by atoms with Crippen molar-refractivity contribution < 1.29 is 0 Å². The standard InChI is InChI=1S/C21H42N2.2ClH/c1-5-8-20(9-6-2)10-12-21(13-11-20)14-18-23(19-15-21)17-7-16-22(3)4;;/h5-19H2,1-4H3;2*1H. The van der Waals surface area contributed by atoms with Gasteiger partial charge in [0, 0.05) is 0 Å². The molecule has 0 atom stereocenters. The van der Waals surface area contributed by atoms with E-state index in [9.17, 15) is 0 Å². The molecule has 1 spiro atoms. The lowest BCUT2D eigenvalue weighted by Crippen LogP contribution is -2.44. The number of likely N-dealkylation sites (tertiary alicyclic amines) is 1. The summed E-state index contributed by atoms with van der Waals surface area (Å²) in [5, 5.41) is 0. The highest BCUT2D eigenvalue weighted by atomic mass is 35.5. The average molecular weight is 396 g/mol. The molecule has 0 aromatic heterocycles. The monoisotopic (exact) mass is 394 g/mol. The van der Waals surface area contributed by atoms with E-state index in [-0.39, 0.29) is 24.8 Å². The molecule has 0 amide bonds.